The fourth-order valence-corrected chi connectivity index (χ4v) is 3.33. The SMILES string of the molecule is O=C(O)CCC(=O)NC1CCN2C(=O)c3ccc(Cl)cc3NC(=O)C12. The summed E-state index contributed by atoms with van der Waals surface area (Å²) >= 11 is 5.92. The van der Waals surface area contributed by atoms with Crippen LogP contribution in [0, 0.1) is 0 Å². The third kappa shape index (κ3) is 3.43. The lowest BCUT2D eigenvalue weighted by molar-refractivity contribution is -0.139. The lowest BCUT2D eigenvalue weighted by Crippen LogP contribution is -2.51. The van der Waals surface area contributed by atoms with Crippen LogP contribution in [0.15, 0.2) is 18.2 Å². The molecular weight excluding hydrogens is 350 g/mol. The number of hydrogen-bond acceptors (Lipinski definition) is 4. The van der Waals surface area contributed by atoms with Crippen molar-refractivity contribution in [1.82, 2.24) is 10.2 Å². The number of carboxylic acid groups (broad SMARTS) is 1. The summed E-state index contributed by atoms with van der Waals surface area (Å²) in [4.78, 5) is 49.2. The molecule has 2 heterocycles. The first-order chi connectivity index (χ1) is 11.9. The van der Waals surface area contributed by atoms with Crippen molar-refractivity contribution in [3.8, 4) is 0 Å². The molecule has 0 radical (unpaired) electrons. The highest BCUT2D eigenvalue weighted by Gasteiger charge is 2.45. The summed E-state index contributed by atoms with van der Waals surface area (Å²) in [7, 11) is 0. The number of carbonyl (C=O) groups excluding carboxylic acids is 3. The van der Waals surface area contributed by atoms with Crippen molar-refractivity contribution in [1.29, 1.82) is 0 Å². The van der Waals surface area contributed by atoms with Crippen molar-refractivity contribution >= 4 is 41.0 Å². The minimum Gasteiger partial charge on any atom is -0.481 e. The number of carboxylic acids is 1. The fourth-order valence-electron chi connectivity index (χ4n) is 3.16. The van der Waals surface area contributed by atoms with Crippen molar-refractivity contribution < 1.29 is 24.3 Å². The lowest BCUT2D eigenvalue weighted by Gasteiger charge is -2.24. The Labute approximate surface area is 148 Å². The highest BCUT2D eigenvalue weighted by molar-refractivity contribution is 6.31. The topological polar surface area (TPSA) is 116 Å². The molecule has 132 valence electrons. The molecule has 2 atom stereocenters. The number of fused-ring (bicyclic) bond motifs is 2. The highest BCUT2D eigenvalue weighted by Crippen LogP contribution is 2.30. The summed E-state index contributed by atoms with van der Waals surface area (Å²) in [5, 5.41) is 14.4. The van der Waals surface area contributed by atoms with Gasteiger partial charge >= 0.3 is 5.97 Å². The minimum atomic E-state index is -1.07. The smallest absolute Gasteiger partial charge is 0.303 e. The first kappa shape index (κ1) is 17.2. The Balaban J connectivity index is 1.79. The van der Waals surface area contributed by atoms with Gasteiger partial charge in [0.1, 0.15) is 6.04 Å². The van der Waals surface area contributed by atoms with E-state index in [1.165, 1.54) is 11.0 Å². The number of halogens is 1. The number of aliphatic carboxylic acids is 1. The predicted molar refractivity (Wildman–Crippen MR) is 88.3 cm³/mol. The molecule has 2 unspecified atom stereocenters. The van der Waals surface area contributed by atoms with Gasteiger partial charge in [0.2, 0.25) is 11.8 Å². The molecule has 3 amide bonds. The van der Waals surface area contributed by atoms with Crippen LogP contribution < -0.4 is 10.6 Å². The van der Waals surface area contributed by atoms with Crippen LogP contribution in [0.3, 0.4) is 0 Å². The van der Waals surface area contributed by atoms with Crippen LogP contribution in [-0.4, -0.2) is 52.3 Å². The minimum absolute atomic E-state index is 0.177. The molecule has 1 saturated heterocycles. The molecule has 2 aliphatic heterocycles. The molecule has 1 aromatic carbocycles. The molecular formula is C16H16ClN3O5. The molecule has 3 N–H and O–H groups in total. The molecule has 0 aliphatic carbocycles. The molecule has 0 aromatic heterocycles. The van der Waals surface area contributed by atoms with Crippen LogP contribution in [-0.2, 0) is 14.4 Å². The maximum Gasteiger partial charge on any atom is 0.303 e. The number of amides is 3. The number of benzene rings is 1. The van der Waals surface area contributed by atoms with Gasteiger partial charge in [0, 0.05) is 18.0 Å². The number of rotatable bonds is 4. The average Bonchev–Trinajstić information content (AvgIpc) is 2.92. The molecule has 8 nitrogen and oxygen atoms in total. The first-order valence-corrected chi connectivity index (χ1v) is 8.17. The molecule has 2 aliphatic rings. The second kappa shape index (κ2) is 6.72. The normalized spacial score (nSPS) is 21.9. The summed E-state index contributed by atoms with van der Waals surface area (Å²) in [5.41, 5.74) is 0.686. The molecule has 3 rings (SSSR count). The average molecular weight is 366 g/mol. The van der Waals surface area contributed by atoms with Gasteiger partial charge in [-0.15, -0.1) is 0 Å². The Morgan fingerprint density at radius 1 is 1.32 bits per heavy atom. The van der Waals surface area contributed by atoms with Gasteiger partial charge in [-0.2, -0.15) is 0 Å². The third-order valence-electron chi connectivity index (χ3n) is 4.31. The van der Waals surface area contributed by atoms with E-state index in [0.717, 1.165) is 0 Å². The Kier molecular flexibility index (Phi) is 4.63. The second-order valence-electron chi connectivity index (χ2n) is 5.98. The van der Waals surface area contributed by atoms with E-state index in [1.807, 2.05) is 0 Å². The Hall–Kier alpha value is -2.61. The standard InChI is InChI=1S/C16H16ClN3O5/c17-8-1-2-9-11(7-8)19-15(24)14-10(5-6-20(14)16(9)25)18-12(21)3-4-13(22)23/h1-2,7,10,14H,3-6H2,(H,18,21)(H,19,24)(H,22,23). The van der Waals surface area contributed by atoms with E-state index in [-0.39, 0.29) is 18.7 Å². The molecule has 1 fully saturated rings. The van der Waals surface area contributed by atoms with E-state index in [1.54, 1.807) is 12.1 Å². The van der Waals surface area contributed by atoms with E-state index < -0.39 is 29.9 Å². The molecule has 9 heteroatoms. The van der Waals surface area contributed by atoms with Crippen molar-refractivity contribution in [2.24, 2.45) is 0 Å². The number of nitrogens with one attached hydrogen (secondary N) is 2. The summed E-state index contributed by atoms with van der Waals surface area (Å²) < 4.78 is 0. The van der Waals surface area contributed by atoms with Gasteiger partial charge < -0.3 is 20.6 Å². The Morgan fingerprint density at radius 3 is 2.80 bits per heavy atom. The van der Waals surface area contributed by atoms with Crippen LogP contribution in [0.1, 0.15) is 29.6 Å². The van der Waals surface area contributed by atoms with E-state index in [0.29, 0.717) is 29.2 Å². The maximum absolute atomic E-state index is 12.7. The number of anilines is 1. The summed E-state index contributed by atoms with van der Waals surface area (Å²) in [5.74, 6) is -2.25. The van der Waals surface area contributed by atoms with E-state index in [4.69, 9.17) is 16.7 Å². The summed E-state index contributed by atoms with van der Waals surface area (Å²) in [6.45, 7) is 0.322. The zero-order valence-electron chi connectivity index (χ0n) is 13.1. The van der Waals surface area contributed by atoms with Crippen LogP contribution >= 0.6 is 11.6 Å². The lowest BCUT2D eigenvalue weighted by atomic mass is 10.1. The number of carbonyl (C=O) groups is 4. The van der Waals surface area contributed by atoms with Crippen LogP contribution in [0.25, 0.3) is 0 Å². The molecule has 25 heavy (non-hydrogen) atoms. The fraction of sp³-hybridized carbons (Fsp3) is 0.375. The van der Waals surface area contributed by atoms with Crippen molar-refractivity contribution in [3.05, 3.63) is 28.8 Å². The Bertz CT molecular complexity index is 766. The van der Waals surface area contributed by atoms with Crippen LogP contribution in [0.2, 0.25) is 5.02 Å². The van der Waals surface area contributed by atoms with Crippen molar-refractivity contribution in [2.45, 2.75) is 31.3 Å². The van der Waals surface area contributed by atoms with Crippen LogP contribution in [0.4, 0.5) is 5.69 Å². The van der Waals surface area contributed by atoms with Gasteiger partial charge in [0.25, 0.3) is 5.91 Å². The van der Waals surface area contributed by atoms with Gasteiger partial charge in [-0.05, 0) is 24.6 Å². The molecule has 0 bridgehead atoms. The molecule has 1 aromatic rings. The van der Waals surface area contributed by atoms with Gasteiger partial charge in [0.05, 0.1) is 23.7 Å². The van der Waals surface area contributed by atoms with Crippen molar-refractivity contribution in [3.63, 3.8) is 0 Å². The number of nitrogens with zero attached hydrogens (tertiary/aromatic N) is 1. The van der Waals surface area contributed by atoms with E-state index in [9.17, 15) is 19.2 Å². The maximum atomic E-state index is 12.7. The molecule has 0 spiro atoms. The van der Waals surface area contributed by atoms with Gasteiger partial charge in [-0.25, -0.2) is 0 Å². The van der Waals surface area contributed by atoms with Gasteiger partial charge in [-0.1, -0.05) is 11.6 Å². The predicted octanol–water partition coefficient (Wildman–Crippen LogP) is 0.856. The zero-order chi connectivity index (χ0) is 18.1. The summed E-state index contributed by atoms with van der Waals surface area (Å²) in [6.07, 6.45) is -0.0441. The van der Waals surface area contributed by atoms with Crippen LogP contribution in [0.5, 0.6) is 0 Å². The second-order valence-corrected chi connectivity index (χ2v) is 6.42. The molecule has 0 saturated carbocycles. The Morgan fingerprint density at radius 2 is 2.08 bits per heavy atom. The summed E-state index contributed by atoms with van der Waals surface area (Å²) in [6, 6.07) is 3.24. The third-order valence-corrected chi connectivity index (χ3v) is 4.54. The largest absolute Gasteiger partial charge is 0.481 e. The monoisotopic (exact) mass is 365 g/mol. The first-order valence-electron chi connectivity index (χ1n) is 7.79. The zero-order valence-corrected chi connectivity index (χ0v) is 13.9. The number of hydrogen-bond donors (Lipinski definition) is 3. The highest BCUT2D eigenvalue weighted by atomic mass is 35.5. The van der Waals surface area contributed by atoms with Crippen molar-refractivity contribution in [2.75, 3.05) is 11.9 Å². The van der Waals surface area contributed by atoms with E-state index in [2.05, 4.69) is 10.6 Å². The quantitative estimate of drug-likeness (QED) is 0.731. The van der Waals surface area contributed by atoms with E-state index >= 15 is 0 Å². The van der Waals surface area contributed by atoms with Gasteiger partial charge in [0.15, 0.2) is 0 Å². The van der Waals surface area contributed by atoms with Gasteiger partial charge in [-0.3, -0.25) is 19.2 Å².